The minimum Gasteiger partial charge on any atom is -0.368 e. The van der Waals surface area contributed by atoms with Gasteiger partial charge in [0.15, 0.2) is 5.13 Å². The van der Waals surface area contributed by atoms with Crippen molar-refractivity contribution in [1.82, 2.24) is 19.9 Å². The summed E-state index contributed by atoms with van der Waals surface area (Å²) in [5, 5.41) is 3.28. The van der Waals surface area contributed by atoms with Crippen LogP contribution in [-0.4, -0.2) is 44.4 Å². The topological polar surface area (TPSA) is 114 Å². The van der Waals surface area contributed by atoms with E-state index in [1.54, 1.807) is 6.20 Å². The van der Waals surface area contributed by atoms with E-state index in [1.165, 1.54) is 16.2 Å². The fourth-order valence-corrected chi connectivity index (χ4v) is 4.77. The largest absolute Gasteiger partial charge is 0.368 e. The molecule has 8 nitrogen and oxygen atoms in total. The Bertz CT molecular complexity index is 1100. The number of benzene rings is 1. The lowest BCUT2D eigenvalue weighted by molar-refractivity contribution is -0.122. The Hall–Kier alpha value is -3.33. The van der Waals surface area contributed by atoms with Gasteiger partial charge in [-0.2, -0.15) is 0 Å². The molecule has 0 saturated carbocycles. The van der Waals surface area contributed by atoms with Gasteiger partial charge in [0, 0.05) is 19.2 Å². The Labute approximate surface area is 184 Å². The van der Waals surface area contributed by atoms with E-state index in [2.05, 4.69) is 20.3 Å². The molecule has 1 aromatic carbocycles. The fourth-order valence-electron chi connectivity index (χ4n) is 3.85. The molecular weight excluding hydrogens is 412 g/mol. The van der Waals surface area contributed by atoms with Crippen LogP contribution in [0.1, 0.15) is 30.4 Å². The monoisotopic (exact) mass is 436 g/mol. The number of nitrogens with one attached hydrogen (secondary N) is 1. The van der Waals surface area contributed by atoms with Gasteiger partial charge in [-0.3, -0.25) is 10.1 Å². The molecule has 1 aliphatic heterocycles. The lowest BCUT2D eigenvalue weighted by Crippen LogP contribution is -2.47. The van der Waals surface area contributed by atoms with Gasteiger partial charge in [-0.25, -0.2) is 19.7 Å². The molecule has 1 aliphatic rings. The number of amides is 3. The summed E-state index contributed by atoms with van der Waals surface area (Å²) in [7, 11) is 0. The van der Waals surface area contributed by atoms with Gasteiger partial charge in [0.25, 0.3) is 0 Å². The molecule has 9 heteroatoms. The highest BCUT2D eigenvalue weighted by atomic mass is 32.1. The number of carbonyl (C=O) groups is 2. The number of likely N-dealkylation sites (tertiary alicyclic amines) is 1. The van der Waals surface area contributed by atoms with Gasteiger partial charge in [0.2, 0.25) is 5.91 Å². The molecule has 3 heterocycles. The minimum absolute atomic E-state index is 0.0425. The number of nitrogens with two attached hydrogens (primary N) is 1. The summed E-state index contributed by atoms with van der Waals surface area (Å²) in [6.07, 6.45) is 3.12. The van der Waals surface area contributed by atoms with Crippen LogP contribution in [0, 0.1) is 12.8 Å². The first-order chi connectivity index (χ1) is 14.9. The van der Waals surface area contributed by atoms with Crippen LogP contribution < -0.4 is 11.1 Å². The summed E-state index contributed by atoms with van der Waals surface area (Å²) in [4.78, 5) is 40.4. The predicted octanol–water partition coefficient (Wildman–Crippen LogP) is 3.23. The van der Waals surface area contributed by atoms with Crippen LogP contribution in [0.4, 0.5) is 9.93 Å². The number of urea groups is 1. The van der Waals surface area contributed by atoms with Crippen molar-refractivity contribution in [2.24, 2.45) is 11.7 Å². The van der Waals surface area contributed by atoms with Crippen LogP contribution >= 0.6 is 11.3 Å². The molecule has 0 radical (unpaired) electrons. The van der Waals surface area contributed by atoms with Crippen molar-refractivity contribution in [2.75, 3.05) is 11.9 Å². The van der Waals surface area contributed by atoms with Crippen LogP contribution in [0.3, 0.4) is 0 Å². The van der Waals surface area contributed by atoms with Crippen LogP contribution in [0.15, 0.2) is 42.6 Å². The number of aryl methyl sites for hydroxylation is 1. The number of primary amides is 1. The second-order valence-corrected chi connectivity index (χ2v) is 8.69. The maximum atomic E-state index is 12.7. The maximum absolute atomic E-state index is 12.7. The minimum atomic E-state index is -0.595. The van der Waals surface area contributed by atoms with Gasteiger partial charge < -0.3 is 10.6 Å². The second-order valence-electron chi connectivity index (χ2n) is 7.69. The van der Waals surface area contributed by atoms with Gasteiger partial charge in [-0.1, -0.05) is 48.6 Å². The molecule has 3 amide bonds. The van der Waals surface area contributed by atoms with Crippen molar-refractivity contribution in [3.05, 3.63) is 59.7 Å². The Morgan fingerprint density at radius 1 is 1.23 bits per heavy atom. The average molecular weight is 437 g/mol. The van der Waals surface area contributed by atoms with E-state index >= 15 is 0 Å². The van der Waals surface area contributed by atoms with Crippen LogP contribution in [0.25, 0.3) is 10.6 Å². The normalized spacial score (nSPS) is 18.2. The van der Waals surface area contributed by atoms with Crippen molar-refractivity contribution in [3.8, 4) is 10.6 Å². The van der Waals surface area contributed by atoms with Gasteiger partial charge in [-0.15, -0.1) is 0 Å². The number of hydrogen-bond acceptors (Lipinski definition) is 6. The molecule has 31 heavy (non-hydrogen) atoms. The predicted molar refractivity (Wildman–Crippen MR) is 120 cm³/mol. The van der Waals surface area contributed by atoms with Crippen molar-refractivity contribution in [2.45, 2.75) is 32.7 Å². The number of rotatable bonds is 5. The first-order valence-corrected chi connectivity index (χ1v) is 10.9. The third kappa shape index (κ3) is 4.56. The number of carbonyl (C=O) groups excluding carboxylic acids is 2. The maximum Gasteiger partial charge on any atom is 0.324 e. The number of nitrogens with zero attached hydrogens (tertiary/aromatic N) is 4. The summed E-state index contributed by atoms with van der Waals surface area (Å²) in [6.45, 7) is 4.30. The van der Waals surface area contributed by atoms with E-state index in [-0.39, 0.29) is 11.9 Å². The summed E-state index contributed by atoms with van der Waals surface area (Å²) >= 11 is 1.35. The summed E-state index contributed by atoms with van der Waals surface area (Å²) in [5.41, 5.74) is 8.17. The highest BCUT2D eigenvalue weighted by Gasteiger charge is 2.38. The van der Waals surface area contributed by atoms with E-state index in [0.717, 1.165) is 34.1 Å². The first-order valence-electron chi connectivity index (χ1n) is 10.1. The number of hydrogen-bond donors (Lipinski definition) is 2. The third-order valence-corrected chi connectivity index (χ3v) is 6.50. The first kappa shape index (κ1) is 20.9. The SMILES string of the molecule is Cc1nc(NC(=O)N2CC[C@H](C)[C@H]2C(N)=O)sc1-c1ccnc(Cc2ccccc2)n1. The highest BCUT2D eigenvalue weighted by molar-refractivity contribution is 7.19. The standard InChI is InChI=1S/C22H24N6O2S/c1-13-9-11-28(18(13)20(23)29)22(30)27-21-25-14(2)19(31-21)16-8-10-24-17(26-16)12-15-6-4-3-5-7-15/h3-8,10,13,18H,9,11-12H2,1-2H3,(H2,23,29)(H,25,27,30)/t13-,18-/m0/s1. The van der Waals surface area contributed by atoms with E-state index in [0.29, 0.717) is 18.1 Å². The average Bonchev–Trinajstić information content (AvgIpc) is 3.31. The van der Waals surface area contributed by atoms with Crippen molar-refractivity contribution in [1.29, 1.82) is 0 Å². The molecule has 2 atom stereocenters. The van der Waals surface area contributed by atoms with Crippen LogP contribution in [-0.2, 0) is 11.2 Å². The number of anilines is 1. The number of aromatic nitrogens is 3. The molecule has 3 N–H and O–H groups in total. The van der Waals surface area contributed by atoms with Crippen molar-refractivity contribution in [3.63, 3.8) is 0 Å². The smallest absolute Gasteiger partial charge is 0.324 e. The van der Waals surface area contributed by atoms with Crippen LogP contribution in [0.5, 0.6) is 0 Å². The molecule has 0 spiro atoms. The summed E-state index contributed by atoms with van der Waals surface area (Å²) < 4.78 is 0. The highest BCUT2D eigenvalue weighted by Crippen LogP contribution is 2.32. The molecule has 0 unspecified atom stereocenters. The van der Waals surface area contributed by atoms with Gasteiger partial charge in [0.1, 0.15) is 11.9 Å². The molecule has 0 bridgehead atoms. The quantitative estimate of drug-likeness (QED) is 0.637. The Kier molecular flexibility index (Phi) is 5.94. The lowest BCUT2D eigenvalue weighted by atomic mass is 10.0. The molecule has 0 aliphatic carbocycles. The van der Waals surface area contributed by atoms with E-state index in [1.807, 2.05) is 50.2 Å². The zero-order valence-electron chi connectivity index (χ0n) is 17.4. The van der Waals surface area contributed by atoms with Crippen molar-refractivity contribution >= 4 is 28.4 Å². The van der Waals surface area contributed by atoms with Gasteiger partial charge >= 0.3 is 6.03 Å². The molecule has 3 aromatic rings. The summed E-state index contributed by atoms with van der Waals surface area (Å²) in [6, 6.07) is 10.9. The third-order valence-electron chi connectivity index (χ3n) is 5.41. The molecule has 1 fully saturated rings. The van der Waals surface area contributed by atoms with Crippen LogP contribution in [0.2, 0.25) is 0 Å². The van der Waals surface area contributed by atoms with E-state index in [4.69, 9.17) is 5.73 Å². The lowest BCUT2D eigenvalue weighted by Gasteiger charge is -2.23. The van der Waals surface area contributed by atoms with Gasteiger partial charge in [0.05, 0.1) is 16.3 Å². The Balaban J connectivity index is 1.51. The molecular formula is C22H24N6O2S. The van der Waals surface area contributed by atoms with E-state index < -0.39 is 11.9 Å². The molecule has 1 saturated heterocycles. The summed E-state index contributed by atoms with van der Waals surface area (Å²) in [5.74, 6) is 0.279. The molecule has 160 valence electrons. The Morgan fingerprint density at radius 3 is 2.74 bits per heavy atom. The fraction of sp³-hybridized carbons (Fsp3) is 0.318. The molecule has 4 rings (SSSR count). The molecule has 2 aromatic heterocycles. The van der Waals surface area contributed by atoms with Gasteiger partial charge in [-0.05, 0) is 30.9 Å². The zero-order chi connectivity index (χ0) is 22.0. The Morgan fingerprint density at radius 2 is 2.00 bits per heavy atom. The second kappa shape index (κ2) is 8.81. The zero-order valence-corrected chi connectivity index (χ0v) is 18.2. The van der Waals surface area contributed by atoms with Crippen molar-refractivity contribution < 1.29 is 9.59 Å². The van der Waals surface area contributed by atoms with E-state index in [9.17, 15) is 9.59 Å². The number of thiazole rings is 1.